The first-order valence-corrected chi connectivity index (χ1v) is 10.8. The molecular weight excluding hydrogens is 386 g/mol. The zero-order valence-corrected chi connectivity index (χ0v) is 17.8. The van der Waals surface area contributed by atoms with Crippen LogP contribution in [0.5, 0.6) is 5.75 Å². The number of benzene rings is 2. The maximum atomic E-state index is 5.92. The van der Waals surface area contributed by atoms with Gasteiger partial charge in [-0.25, -0.2) is 9.97 Å². The van der Waals surface area contributed by atoms with Gasteiger partial charge >= 0.3 is 0 Å². The van der Waals surface area contributed by atoms with Crippen LogP contribution in [0.2, 0.25) is 0 Å². The van der Waals surface area contributed by atoms with Crippen molar-refractivity contribution in [2.45, 2.75) is 13.0 Å². The first kappa shape index (κ1) is 19.6. The second-order valence-electron chi connectivity index (χ2n) is 8.09. The van der Waals surface area contributed by atoms with Crippen LogP contribution in [-0.2, 0) is 6.61 Å². The molecule has 1 aliphatic heterocycles. The van der Waals surface area contributed by atoms with Gasteiger partial charge in [0, 0.05) is 25.3 Å². The van der Waals surface area contributed by atoms with Gasteiger partial charge in [-0.15, -0.1) is 0 Å². The largest absolute Gasteiger partial charge is 0.489 e. The number of ether oxygens (including phenoxy) is 1. The smallest absolute Gasteiger partial charge is 0.143 e. The Morgan fingerprint density at radius 1 is 0.935 bits per heavy atom. The van der Waals surface area contributed by atoms with Crippen molar-refractivity contribution in [1.82, 2.24) is 19.9 Å². The quantitative estimate of drug-likeness (QED) is 0.527. The Balaban J connectivity index is 1.35. The van der Waals surface area contributed by atoms with E-state index in [-0.39, 0.29) is 0 Å². The Kier molecular flexibility index (Phi) is 5.54. The fourth-order valence-corrected chi connectivity index (χ4v) is 4.06. The number of hydrogen-bond donors (Lipinski definition) is 1. The molecule has 0 spiro atoms. The number of H-pyrrole nitrogens is 1. The standard InChI is InChI=1S/C25H27N5O/c1-29-12-5-13-30(15-14-29)25-22-16-23(28-24(22)26-18-27-25)20-8-10-21(11-9-20)31-17-19-6-3-2-4-7-19/h2-4,6-11,16,18H,5,12-15,17H2,1H3,(H,26,27,28). The second kappa shape index (κ2) is 8.78. The van der Waals surface area contributed by atoms with Crippen LogP contribution < -0.4 is 9.64 Å². The van der Waals surface area contributed by atoms with Crippen molar-refractivity contribution in [1.29, 1.82) is 0 Å². The Hall–Kier alpha value is -3.38. The van der Waals surface area contributed by atoms with E-state index in [9.17, 15) is 0 Å². The number of rotatable bonds is 5. The molecular formula is C25H27N5O. The predicted molar refractivity (Wildman–Crippen MR) is 124 cm³/mol. The predicted octanol–water partition coefficient (Wildman–Crippen LogP) is 4.35. The summed E-state index contributed by atoms with van der Waals surface area (Å²) in [7, 11) is 2.18. The van der Waals surface area contributed by atoms with E-state index in [1.807, 2.05) is 30.3 Å². The van der Waals surface area contributed by atoms with Gasteiger partial charge in [0.05, 0.1) is 5.39 Å². The second-order valence-corrected chi connectivity index (χ2v) is 8.09. The van der Waals surface area contributed by atoms with Crippen LogP contribution in [-0.4, -0.2) is 53.1 Å². The van der Waals surface area contributed by atoms with Crippen LogP contribution in [0.1, 0.15) is 12.0 Å². The van der Waals surface area contributed by atoms with E-state index >= 15 is 0 Å². The maximum Gasteiger partial charge on any atom is 0.143 e. The van der Waals surface area contributed by atoms with Crippen molar-refractivity contribution in [2.75, 3.05) is 38.1 Å². The van der Waals surface area contributed by atoms with Gasteiger partial charge in [0.2, 0.25) is 0 Å². The lowest BCUT2D eigenvalue weighted by atomic mass is 10.1. The molecule has 1 aliphatic rings. The molecule has 0 unspecified atom stereocenters. The molecule has 4 aromatic rings. The highest BCUT2D eigenvalue weighted by atomic mass is 16.5. The molecule has 0 amide bonds. The van der Waals surface area contributed by atoms with Crippen molar-refractivity contribution in [3.8, 4) is 17.0 Å². The van der Waals surface area contributed by atoms with Crippen molar-refractivity contribution in [3.63, 3.8) is 0 Å². The number of anilines is 1. The highest BCUT2D eigenvalue weighted by molar-refractivity contribution is 5.92. The van der Waals surface area contributed by atoms with Crippen LogP contribution >= 0.6 is 0 Å². The highest BCUT2D eigenvalue weighted by Gasteiger charge is 2.18. The fraction of sp³-hybridized carbons (Fsp3) is 0.280. The van der Waals surface area contributed by atoms with E-state index in [2.05, 4.69) is 62.1 Å². The third kappa shape index (κ3) is 4.39. The molecule has 2 aromatic carbocycles. The molecule has 0 radical (unpaired) electrons. The van der Waals surface area contributed by atoms with Crippen LogP contribution in [0.3, 0.4) is 0 Å². The summed E-state index contributed by atoms with van der Waals surface area (Å²) >= 11 is 0. The zero-order valence-electron chi connectivity index (χ0n) is 17.8. The van der Waals surface area contributed by atoms with Crippen LogP contribution in [0, 0.1) is 0 Å². The lowest BCUT2D eigenvalue weighted by molar-refractivity contribution is 0.306. The molecule has 0 aliphatic carbocycles. The molecule has 0 atom stereocenters. The maximum absolute atomic E-state index is 5.92. The van der Waals surface area contributed by atoms with E-state index in [4.69, 9.17) is 4.74 Å². The summed E-state index contributed by atoms with van der Waals surface area (Å²) in [6.07, 6.45) is 2.80. The number of hydrogen-bond acceptors (Lipinski definition) is 5. The molecule has 0 bridgehead atoms. The molecule has 31 heavy (non-hydrogen) atoms. The number of nitrogens with one attached hydrogen (secondary N) is 1. The van der Waals surface area contributed by atoms with Crippen molar-refractivity contribution in [3.05, 3.63) is 72.6 Å². The van der Waals surface area contributed by atoms with Gasteiger partial charge in [-0.3, -0.25) is 0 Å². The van der Waals surface area contributed by atoms with Gasteiger partial charge in [-0.2, -0.15) is 0 Å². The summed E-state index contributed by atoms with van der Waals surface area (Å²) in [6, 6.07) is 20.6. The molecule has 1 fully saturated rings. The Morgan fingerprint density at radius 3 is 2.61 bits per heavy atom. The lowest BCUT2D eigenvalue weighted by Gasteiger charge is -2.21. The molecule has 6 heteroatoms. The minimum Gasteiger partial charge on any atom is -0.489 e. The van der Waals surface area contributed by atoms with Crippen molar-refractivity contribution < 1.29 is 4.74 Å². The Bertz CT molecular complexity index is 1140. The number of aromatic amines is 1. The van der Waals surface area contributed by atoms with E-state index in [0.29, 0.717) is 6.61 Å². The average Bonchev–Trinajstić information content (AvgIpc) is 3.14. The summed E-state index contributed by atoms with van der Waals surface area (Å²) < 4.78 is 5.92. The molecule has 5 rings (SSSR count). The highest BCUT2D eigenvalue weighted by Crippen LogP contribution is 2.30. The van der Waals surface area contributed by atoms with E-state index in [0.717, 1.165) is 72.0 Å². The van der Waals surface area contributed by atoms with Gasteiger partial charge in [-0.05, 0) is 61.5 Å². The Morgan fingerprint density at radius 2 is 1.77 bits per heavy atom. The summed E-state index contributed by atoms with van der Waals surface area (Å²) in [5.74, 6) is 1.88. The SMILES string of the molecule is CN1CCCN(c2ncnc3[nH]c(-c4ccc(OCc5ccccc5)cc4)cc23)CC1. The van der Waals surface area contributed by atoms with Crippen molar-refractivity contribution >= 4 is 16.9 Å². The number of fused-ring (bicyclic) bond motifs is 1. The topological polar surface area (TPSA) is 57.3 Å². The van der Waals surface area contributed by atoms with Gasteiger partial charge < -0.3 is 19.5 Å². The van der Waals surface area contributed by atoms with Gasteiger partial charge in [0.1, 0.15) is 30.1 Å². The van der Waals surface area contributed by atoms with Crippen molar-refractivity contribution in [2.24, 2.45) is 0 Å². The molecule has 3 heterocycles. The fourth-order valence-electron chi connectivity index (χ4n) is 4.06. The zero-order chi connectivity index (χ0) is 21.0. The van der Waals surface area contributed by atoms with E-state index < -0.39 is 0 Å². The molecule has 0 saturated carbocycles. The van der Waals surface area contributed by atoms with E-state index in [1.54, 1.807) is 6.33 Å². The van der Waals surface area contributed by atoms with E-state index in [1.165, 1.54) is 0 Å². The summed E-state index contributed by atoms with van der Waals surface area (Å²) in [5.41, 5.74) is 4.18. The number of nitrogens with zero attached hydrogens (tertiary/aromatic N) is 4. The number of likely N-dealkylation sites (N-methyl/N-ethyl adjacent to an activating group) is 1. The van der Waals surface area contributed by atoms with Gasteiger partial charge in [0.25, 0.3) is 0 Å². The third-order valence-corrected chi connectivity index (χ3v) is 5.84. The summed E-state index contributed by atoms with van der Waals surface area (Å²) in [5, 5.41) is 1.08. The molecule has 158 valence electrons. The third-order valence-electron chi connectivity index (χ3n) is 5.84. The molecule has 6 nitrogen and oxygen atoms in total. The summed E-state index contributed by atoms with van der Waals surface area (Å²) in [6.45, 7) is 4.74. The minimum atomic E-state index is 0.566. The molecule has 1 saturated heterocycles. The average molecular weight is 414 g/mol. The first-order valence-electron chi connectivity index (χ1n) is 10.8. The minimum absolute atomic E-state index is 0.566. The monoisotopic (exact) mass is 413 g/mol. The lowest BCUT2D eigenvalue weighted by Crippen LogP contribution is -2.29. The molecule has 2 aromatic heterocycles. The van der Waals surface area contributed by atoms with Crippen LogP contribution in [0.25, 0.3) is 22.3 Å². The first-order chi connectivity index (χ1) is 15.3. The summed E-state index contributed by atoms with van der Waals surface area (Å²) in [4.78, 5) is 17.3. The number of aromatic nitrogens is 3. The van der Waals surface area contributed by atoms with Gasteiger partial charge in [0.15, 0.2) is 0 Å². The molecule has 1 N–H and O–H groups in total. The van der Waals surface area contributed by atoms with Crippen LogP contribution in [0.15, 0.2) is 67.0 Å². The Labute approximate surface area is 182 Å². The van der Waals surface area contributed by atoms with Gasteiger partial charge in [-0.1, -0.05) is 30.3 Å². The normalized spacial score (nSPS) is 15.2. The van der Waals surface area contributed by atoms with Crippen LogP contribution in [0.4, 0.5) is 5.82 Å².